The van der Waals surface area contributed by atoms with Crippen molar-refractivity contribution in [2.45, 2.75) is 20.8 Å². The minimum Gasteiger partial charge on any atom is -0.323 e. The highest BCUT2D eigenvalue weighted by molar-refractivity contribution is 5.55. The molecule has 0 aliphatic carbocycles. The molecular formula is C15H14N4O. The van der Waals surface area contributed by atoms with Crippen LogP contribution in [0.5, 0.6) is 0 Å². The normalized spacial score (nSPS) is 10.7. The Labute approximate surface area is 116 Å². The Bertz CT molecular complexity index is 781. The summed E-state index contributed by atoms with van der Waals surface area (Å²) in [6, 6.07) is 9.52. The molecule has 5 nitrogen and oxygen atoms in total. The first-order valence-corrected chi connectivity index (χ1v) is 6.15. The number of benzene rings is 1. The fourth-order valence-electron chi connectivity index (χ4n) is 1.94. The minimum absolute atomic E-state index is 0.0776. The standard InChI is InChI=1S/C15H14N4O/c1-9-5-4-6-12(7-9)18-19-14-10(2)13(8-16)15(20)17-11(14)3/h4-7H,1-3H3,(H,17,20). The van der Waals surface area contributed by atoms with Crippen LogP contribution in [0.2, 0.25) is 0 Å². The van der Waals surface area contributed by atoms with Crippen LogP contribution in [0.3, 0.4) is 0 Å². The molecule has 2 rings (SSSR count). The van der Waals surface area contributed by atoms with Gasteiger partial charge in [-0.3, -0.25) is 4.79 Å². The van der Waals surface area contributed by atoms with Gasteiger partial charge in [-0.05, 0) is 38.5 Å². The number of nitrogens with zero attached hydrogens (tertiary/aromatic N) is 3. The molecule has 100 valence electrons. The summed E-state index contributed by atoms with van der Waals surface area (Å²) < 4.78 is 0. The van der Waals surface area contributed by atoms with Gasteiger partial charge in [0.1, 0.15) is 17.3 Å². The molecule has 1 aromatic heterocycles. The number of aromatic nitrogens is 1. The molecule has 0 saturated heterocycles. The van der Waals surface area contributed by atoms with Gasteiger partial charge >= 0.3 is 0 Å². The Morgan fingerprint density at radius 1 is 1.20 bits per heavy atom. The Morgan fingerprint density at radius 2 is 1.95 bits per heavy atom. The van der Waals surface area contributed by atoms with E-state index < -0.39 is 5.56 Å². The molecule has 1 N–H and O–H groups in total. The van der Waals surface area contributed by atoms with Gasteiger partial charge in [0.2, 0.25) is 0 Å². The second-order valence-electron chi connectivity index (χ2n) is 4.58. The van der Waals surface area contributed by atoms with Gasteiger partial charge in [0.05, 0.1) is 5.69 Å². The molecule has 0 saturated carbocycles. The summed E-state index contributed by atoms with van der Waals surface area (Å²) in [5.41, 5.74) is 3.18. The number of rotatable bonds is 2. The minimum atomic E-state index is -0.392. The number of aryl methyl sites for hydroxylation is 2. The predicted molar refractivity (Wildman–Crippen MR) is 76.6 cm³/mol. The highest BCUT2D eigenvalue weighted by Crippen LogP contribution is 2.25. The Kier molecular flexibility index (Phi) is 3.76. The third-order valence-electron chi connectivity index (χ3n) is 2.99. The molecule has 0 fully saturated rings. The lowest BCUT2D eigenvalue weighted by Gasteiger charge is -2.04. The smallest absolute Gasteiger partial charge is 0.266 e. The molecule has 0 aliphatic rings. The van der Waals surface area contributed by atoms with Crippen molar-refractivity contribution < 1.29 is 0 Å². The van der Waals surface area contributed by atoms with Crippen LogP contribution >= 0.6 is 0 Å². The zero-order valence-corrected chi connectivity index (χ0v) is 11.6. The molecule has 0 bridgehead atoms. The van der Waals surface area contributed by atoms with Crippen molar-refractivity contribution >= 4 is 11.4 Å². The highest BCUT2D eigenvalue weighted by atomic mass is 16.1. The number of azo groups is 1. The van der Waals surface area contributed by atoms with Gasteiger partial charge in [0.15, 0.2) is 0 Å². The third kappa shape index (κ3) is 2.64. The van der Waals surface area contributed by atoms with Crippen molar-refractivity contribution in [2.24, 2.45) is 10.2 Å². The molecule has 0 spiro atoms. The van der Waals surface area contributed by atoms with E-state index in [4.69, 9.17) is 5.26 Å². The molecule has 0 aliphatic heterocycles. The van der Waals surface area contributed by atoms with E-state index in [-0.39, 0.29) is 5.56 Å². The molecule has 0 amide bonds. The summed E-state index contributed by atoms with van der Waals surface area (Å²) in [7, 11) is 0. The lowest BCUT2D eigenvalue weighted by atomic mass is 10.1. The monoisotopic (exact) mass is 266 g/mol. The van der Waals surface area contributed by atoms with Crippen LogP contribution in [-0.2, 0) is 0 Å². The molecular weight excluding hydrogens is 252 g/mol. The van der Waals surface area contributed by atoms with Gasteiger partial charge in [0, 0.05) is 11.3 Å². The highest BCUT2D eigenvalue weighted by Gasteiger charge is 2.11. The Balaban J connectivity index is 2.50. The van der Waals surface area contributed by atoms with Crippen molar-refractivity contribution in [3.05, 3.63) is 57.0 Å². The first-order valence-electron chi connectivity index (χ1n) is 6.15. The molecule has 1 aromatic carbocycles. The van der Waals surface area contributed by atoms with Crippen LogP contribution in [0.1, 0.15) is 22.4 Å². The Hall–Kier alpha value is -2.74. The quantitative estimate of drug-likeness (QED) is 0.843. The lowest BCUT2D eigenvalue weighted by molar-refractivity contribution is 1.07. The number of H-pyrrole nitrogens is 1. The van der Waals surface area contributed by atoms with Gasteiger partial charge in [-0.2, -0.15) is 10.4 Å². The molecule has 1 heterocycles. The molecule has 0 unspecified atom stereocenters. The average molecular weight is 266 g/mol. The molecule has 0 radical (unpaired) electrons. The van der Waals surface area contributed by atoms with Crippen molar-refractivity contribution in [2.75, 3.05) is 0 Å². The summed E-state index contributed by atoms with van der Waals surface area (Å²) in [6.07, 6.45) is 0. The fraction of sp³-hybridized carbons (Fsp3) is 0.200. The summed E-state index contributed by atoms with van der Waals surface area (Å²) in [4.78, 5) is 14.2. The van der Waals surface area contributed by atoms with Gasteiger partial charge in [-0.25, -0.2) is 0 Å². The first-order chi connectivity index (χ1) is 9.52. The van der Waals surface area contributed by atoms with Crippen LogP contribution in [0.25, 0.3) is 0 Å². The van der Waals surface area contributed by atoms with Crippen molar-refractivity contribution in [1.82, 2.24) is 4.98 Å². The van der Waals surface area contributed by atoms with E-state index in [1.165, 1.54) is 0 Å². The second-order valence-corrected chi connectivity index (χ2v) is 4.58. The lowest BCUT2D eigenvalue weighted by Crippen LogP contribution is -2.13. The molecule has 0 atom stereocenters. The van der Waals surface area contributed by atoms with Crippen LogP contribution in [0.4, 0.5) is 11.4 Å². The van der Waals surface area contributed by atoms with E-state index in [1.807, 2.05) is 37.3 Å². The van der Waals surface area contributed by atoms with E-state index in [2.05, 4.69) is 15.2 Å². The van der Waals surface area contributed by atoms with Gasteiger partial charge in [-0.15, -0.1) is 5.11 Å². The fourth-order valence-corrected chi connectivity index (χ4v) is 1.94. The Morgan fingerprint density at radius 3 is 2.60 bits per heavy atom. The van der Waals surface area contributed by atoms with E-state index in [0.29, 0.717) is 16.9 Å². The van der Waals surface area contributed by atoms with Gasteiger partial charge < -0.3 is 4.98 Å². The summed E-state index contributed by atoms with van der Waals surface area (Å²) >= 11 is 0. The van der Waals surface area contributed by atoms with E-state index >= 15 is 0 Å². The number of aromatic amines is 1. The van der Waals surface area contributed by atoms with Crippen molar-refractivity contribution in [1.29, 1.82) is 5.26 Å². The van der Waals surface area contributed by atoms with Crippen molar-refractivity contribution in [3.8, 4) is 6.07 Å². The van der Waals surface area contributed by atoms with E-state index in [9.17, 15) is 4.79 Å². The van der Waals surface area contributed by atoms with Crippen molar-refractivity contribution in [3.63, 3.8) is 0 Å². The number of nitriles is 1. The summed E-state index contributed by atoms with van der Waals surface area (Å²) in [5, 5.41) is 17.3. The van der Waals surface area contributed by atoms with Crippen LogP contribution < -0.4 is 5.56 Å². The SMILES string of the molecule is Cc1cccc(N=Nc2c(C)[nH]c(=O)c(C#N)c2C)c1. The number of pyridine rings is 1. The van der Waals surface area contributed by atoms with Crippen LogP contribution in [-0.4, -0.2) is 4.98 Å². The molecule has 20 heavy (non-hydrogen) atoms. The van der Waals surface area contributed by atoms with E-state index in [0.717, 1.165) is 11.3 Å². The number of hydrogen-bond donors (Lipinski definition) is 1. The van der Waals surface area contributed by atoms with Crippen LogP contribution in [0.15, 0.2) is 39.3 Å². The van der Waals surface area contributed by atoms with Crippen LogP contribution in [0, 0.1) is 32.1 Å². The third-order valence-corrected chi connectivity index (χ3v) is 2.99. The average Bonchev–Trinajstić information content (AvgIpc) is 2.38. The van der Waals surface area contributed by atoms with Gasteiger partial charge in [0.25, 0.3) is 5.56 Å². The second kappa shape index (κ2) is 5.49. The predicted octanol–water partition coefficient (Wildman–Crippen LogP) is 3.59. The van der Waals surface area contributed by atoms with E-state index in [1.54, 1.807) is 13.8 Å². The largest absolute Gasteiger partial charge is 0.323 e. The van der Waals surface area contributed by atoms with Gasteiger partial charge in [-0.1, -0.05) is 12.1 Å². The maximum atomic E-state index is 11.6. The maximum Gasteiger partial charge on any atom is 0.266 e. The number of hydrogen-bond acceptors (Lipinski definition) is 4. The molecule has 5 heteroatoms. The number of nitrogens with one attached hydrogen (secondary N) is 1. The summed E-state index contributed by atoms with van der Waals surface area (Å²) in [6.45, 7) is 5.41. The zero-order valence-electron chi connectivity index (χ0n) is 11.6. The molecule has 2 aromatic rings. The topological polar surface area (TPSA) is 81.4 Å². The maximum absolute atomic E-state index is 11.6. The first kappa shape index (κ1) is 13.7. The zero-order chi connectivity index (χ0) is 14.7. The summed E-state index contributed by atoms with van der Waals surface area (Å²) in [5.74, 6) is 0.